The van der Waals surface area contributed by atoms with Crippen molar-refractivity contribution in [3.05, 3.63) is 40.7 Å². The highest BCUT2D eigenvalue weighted by molar-refractivity contribution is 7.99. The van der Waals surface area contributed by atoms with Crippen LogP contribution in [0.3, 0.4) is 0 Å². The lowest BCUT2D eigenvalue weighted by Gasteiger charge is -2.12. The third-order valence-electron chi connectivity index (χ3n) is 2.94. The molecule has 1 aromatic carbocycles. The number of hydrogen-bond acceptors (Lipinski definition) is 5. The molecule has 1 atom stereocenters. The van der Waals surface area contributed by atoms with Crippen LogP contribution in [0.15, 0.2) is 28.8 Å². The predicted octanol–water partition coefficient (Wildman–Crippen LogP) is 3.91. The minimum atomic E-state index is -0.230. The maximum atomic E-state index is 12.2. The van der Waals surface area contributed by atoms with Gasteiger partial charge in [-0.2, -0.15) is 0 Å². The van der Waals surface area contributed by atoms with E-state index in [-0.39, 0.29) is 11.2 Å². The lowest BCUT2D eigenvalue weighted by Crippen LogP contribution is -2.22. The monoisotopic (exact) mass is 340 g/mol. The molecule has 5 nitrogen and oxygen atoms in total. The van der Waals surface area contributed by atoms with E-state index in [0.29, 0.717) is 22.2 Å². The van der Waals surface area contributed by atoms with Gasteiger partial charge in [-0.05, 0) is 32.0 Å². The van der Waals surface area contributed by atoms with E-state index in [4.69, 9.17) is 20.9 Å². The van der Waals surface area contributed by atoms with Gasteiger partial charge < -0.3 is 14.6 Å². The van der Waals surface area contributed by atoms with E-state index < -0.39 is 0 Å². The smallest absolute Gasteiger partial charge is 0.237 e. The standard InChI is InChI=1S/C15H17ClN2O3S/c1-9-6-12(21-18-9)8-22-10(2)15(19)17-11-4-5-14(20-3)13(16)7-11/h4-7,10H,8H2,1-3H3,(H,17,19). The lowest BCUT2D eigenvalue weighted by molar-refractivity contribution is -0.115. The van der Waals surface area contributed by atoms with E-state index in [0.717, 1.165) is 11.5 Å². The molecule has 0 fully saturated rings. The predicted molar refractivity (Wildman–Crippen MR) is 88.6 cm³/mol. The van der Waals surface area contributed by atoms with Crippen molar-refractivity contribution in [1.82, 2.24) is 5.16 Å². The number of anilines is 1. The molecule has 0 aliphatic rings. The molecule has 0 spiro atoms. The molecule has 0 aliphatic carbocycles. The summed E-state index contributed by atoms with van der Waals surface area (Å²) in [6, 6.07) is 6.99. The summed E-state index contributed by atoms with van der Waals surface area (Å²) in [5, 5.41) is 6.87. The summed E-state index contributed by atoms with van der Waals surface area (Å²) in [4.78, 5) is 12.2. The summed E-state index contributed by atoms with van der Waals surface area (Å²) >= 11 is 7.51. The number of ether oxygens (including phenoxy) is 1. The minimum absolute atomic E-state index is 0.0949. The number of nitrogens with zero attached hydrogens (tertiary/aromatic N) is 1. The molecule has 1 aromatic heterocycles. The number of aromatic nitrogens is 1. The zero-order chi connectivity index (χ0) is 16.1. The number of thioether (sulfide) groups is 1. The topological polar surface area (TPSA) is 64.4 Å². The summed E-state index contributed by atoms with van der Waals surface area (Å²) in [6.07, 6.45) is 0. The highest BCUT2D eigenvalue weighted by Crippen LogP contribution is 2.28. The molecular formula is C15H17ClN2O3S. The summed E-state index contributed by atoms with van der Waals surface area (Å²) in [5.74, 6) is 1.83. The molecule has 7 heteroatoms. The maximum absolute atomic E-state index is 12.2. The molecule has 1 heterocycles. The summed E-state index contributed by atoms with van der Waals surface area (Å²) < 4.78 is 10.2. The number of hydrogen-bond donors (Lipinski definition) is 1. The van der Waals surface area contributed by atoms with Crippen LogP contribution in [0.5, 0.6) is 5.75 Å². The Labute approximate surface area is 138 Å². The second-order valence-electron chi connectivity index (χ2n) is 4.73. The van der Waals surface area contributed by atoms with E-state index in [1.807, 2.05) is 19.9 Å². The number of nitrogens with one attached hydrogen (secondary N) is 1. The van der Waals surface area contributed by atoms with Crippen LogP contribution in [0.4, 0.5) is 5.69 Å². The zero-order valence-corrected chi connectivity index (χ0v) is 14.1. The maximum Gasteiger partial charge on any atom is 0.237 e. The van der Waals surface area contributed by atoms with Crippen molar-refractivity contribution in [3.8, 4) is 5.75 Å². The first-order chi connectivity index (χ1) is 10.5. The average Bonchev–Trinajstić information content (AvgIpc) is 2.90. The van der Waals surface area contributed by atoms with Crippen molar-refractivity contribution in [2.24, 2.45) is 0 Å². The van der Waals surface area contributed by atoms with Gasteiger partial charge in [0.1, 0.15) is 11.5 Å². The van der Waals surface area contributed by atoms with Gasteiger partial charge in [0.05, 0.1) is 28.8 Å². The fourth-order valence-corrected chi connectivity index (χ4v) is 2.77. The van der Waals surface area contributed by atoms with Gasteiger partial charge in [-0.25, -0.2) is 0 Å². The van der Waals surface area contributed by atoms with E-state index in [2.05, 4.69) is 10.5 Å². The largest absolute Gasteiger partial charge is 0.495 e. The molecule has 0 saturated carbocycles. The Morgan fingerprint density at radius 2 is 2.27 bits per heavy atom. The first-order valence-corrected chi connectivity index (χ1v) is 8.10. The number of halogens is 1. The minimum Gasteiger partial charge on any atom is -0.495 e. The van der Waals surface area contributed by atoms with Crippen LogP contribution < -0.4 is 10.1 Å². The van der Waals surface area contributed by atoms with Gasteiger partial charge >= 0.3 is 0 Å². The number of aryl methyl sites for hydroxylation is 1. The lowest BCUT2D eigenvalue weighted by atomic mass is 10.3. The van der Waals surface area contributed by atoms with Crippen molar-refractivity contribution >= 4 is 35.0 Å². The molecule has 0 radical (unpaired) electrons. The highest BCUT2D eigenvalue weighted by atomic mass is 35.5. The van der Waals surface area contributed by atoms with E-state index >= 15 is 0 Å². The Morgan fingerprint density at radius 3 is 2.86 bits per heavy atom. The summed E-state index contributed by atoms with van der Waals surface area (Å²) in [5.41, 5.74) is 1.47. The third-order valence-corrected chi connectivity index (χ3v) is 4.40. The van der Waals surface area contributed by atoms with Crippen LogP contribution in [-0.2, 0) is 10.5 Å². The van der Waals surface area contributed by atoms with Gasteiger partial charge in [0, 0.05) is 11.8 Å². The van der Waals surface area contributed by atoms with Gasteiger partial charge in [0.15, 0.2) is 0 Å². The number of rotatable bonds is 6. The molecule has 1 amide bonds. The molecular weight excluding hydrogens is 324 g/mol. The molecule has 2 aromatic rings. The van der Waals surface area contributed by atoms with Crippen LogP contribution in [0, 0.1) is 6.92 Å². The van der Waals surface area contributed by atoms with Crippen LogP contribution in [0.1, 0.15) is 18.4 Å². The van der Waals surface area contributed by atoms with Gasteiger partial charge in [-0.3, -0.25) is 4.79 Å². The van der Waals surface area contributed by atoms with Crippen molar-refractivity contribution < 1.29 is 14.1 Å². The van der Waals surface area contributed by atoms with Crippen LogP contribution in [0.25, 0.3) is 0 Å². The number of amides is 1. The normalized spacial score (nSPS) is 12.0. The molecule has 118 valence electrons. The van der Waals surface area contributed by atoms with E-state index in [1.54, 1.807) is 25.3 Å². The molecule has 0 saturated heterocycles. The third kappa shape index (κ3) is 4.42. The molecule has 2 rings (SSSR count). The Morgan fingerprint density at radius 1 is 1.50 bits per heavy atom. The van der Waals surface area contributed by atoms with Crippen LogP contribution >= 0.6 is 23.4 Å². The Kier molecular flexibility index (Phi) is 5.74. The number of benzene rings is 1. The summed E-state index contributed by atoms with van der Waals surface area (Å²) in [7, 11) is 1.55. The quantitative estimate of drug-likeness (QED) is 0.863. The first kappa shape index (κ1) is 16.7. The fourth-order valence-electron chi connectivity index (χ4n) is 1.76. The number of methoxy groups -OCH3 is 1. The Bertz CT molecular complexity index is 660. The van der Waals surface area contributed by atoms with Crippen LogP contribution in [-0.4, -0.2) is 23.4 Å². The van der Waals surface area contributed by atoms with Crippen molar-refractivity contribution in [2.45, 2.75) is 24.9 Å². The van der Waals surface area contributed by atoms with Crippen molar-refractivity contribution in [3.63, 3.8) is 0 Å². The van der Waals surface area contributed by atoms with Gasteiger partial charge in [-0.15, -0.1) is 11.8 Å². The molecule has 0 aliphatic heterocycles. The zero-order valence-electron chi connectivity index (χ0n) is 12.6. The molecule has 1 N–H and O–H groups in total. The Balaban J connectivity index is 1.89. The number of carbonyl (C=O) groups excluding carboxylic acids is 1. The van der Waals surface area contributed by atoms with Crippen molar-refractivity contribution in [1.29, 1.82) is 0 Å². The fraction of sp³-hybridized carbons (Fsp3) is 0.333. The second-order valence-corrected chi connectivity index (χ2v) is 6.46. The molecule has 22 heavy (non-hydrogen) atoms. The van der Waals surface area contributed by atoms with E-state index in [9.17, 15) is 4.79 Å². The van der Waals surface area contributed by atoms with Crippen molar-refractivity contribution in [2.75, 3.05) is 12.4 Å². The second kappa shape index (κ2) is 7.56. The highest BCUT2D eigenvalue weighted by Gasteiger charge is 2.15. The van der Waals surface area contributed by atoms with Crippen LogP contribution in [0.2, 0.25) is 5.02 Å². The average molecular weight is 341 g/mol. The SMILES string of the molecule is COc1ccc(NC(=O)C(C)SCc2cc(C)no2)cc1Cl. The Hall–Kier alpha value is -1.66. The summed E-state index contributed by atoms with van der Waals surface area (Å²) in [6.45, 7) is 3.70. The number of carbonyl (C=O) groups is 1. The molecule has 0 bridgehead atoms. The van der Waals surface area contributed by atoms with Gasteiger partial charge in [0.25, 0.3) is 0 Å². The van der Waals surface area contributed by atoms with E-state index in [1.165, 1.54) is 11.8 Å². The molecule has 1 unspecified atom stereocenters. The van der Waals surface area contributed by atoms with Gasteiger partial charge in [-0.1, -0.05) is 16.8 Å². The van der Waals surface area contributed by atoms with Gasteiger partial charge in [0.2, 0.25) is 5.91 Å². The first-order valence-electron chi connectivity index (χ1n) is 6.68.